The molecule has 0 saturated carbocycles. The van der Waals surface area contributed by atoms with Crippen LogP contribution in [0.15, 0.2) is 54.7 Å². The van der Waals surface area contributed by atoms with Gasteiger partial charge in [0.1, 0.15) is 11.5 Å². The summed E-state index contributed by atoms with van der Waals surface area (Å²) in [5.41, 5.74) is 5.23. The largest absolute Gasteiger partial charge is 0.494 e. The number of nitrogens with one attached hydrogen (secondary N) is 1. The fraction of sp³-hybridized carbons (Fsp3) is 0.433. The third kappa shape index (κ3) is 5.66. The number of benzene rings is 2. The van der Waals surface area contributed by atoms with Gasteiger partial charge in [-0.15, -0.1) is 0 Å². The van der Waals surface area contributed by atoms with Gasteiger partial charge in [0.2, 0.25) is 5.95 Å². The summed E-state index contributed by atoms with van der Waals surface area (Å²) in [5, 5.41) is 3.42. The summed E-state index contributed by atoms with van der Waals surface area (Å²) in [6.45, 7) is 5.50. The first-order chi connectivity index (χ1) is 18.7. The number of carbonyl (C=O) groups excluding carboxylic acids is 1. The average molecular weight is 514 g/mol. The third-order valence-electron chi connectivity index (χ3n) is 7.69. The van der Waals surface area contributed by atoms with Crippen molar-refractivity contribution in [3.63, 3.8) is 0 Å². The molecule has 0 unspecified atom stereocenters. The standard InChI is InChI=1S/C30H35N5O3/c36-29-5-1-2-17-38-25-9-6-22(7-10-25)26-12-13-31-30(33-26)32-24-8-11-27(34-15-18-37-19-16-34)23(20-24)21-35-14-3-4-28(29)35/h6-13,20,28H,1-5,14-19,21H2,(H,31,32,33)/t28-/m0/s1. The SMILES string of the molecule is O=C1CCCCOc2ccc(cc2)-c2ccnc(n2)Nc2ccc(N3CCOCC3)c(c2)CN2CCC[C@@H]12. The molecule has 1 atom stereocenters. The van der Waals surface area contributed by atoms with E-state index >= 15 is 0 Å². The minimum absolute atomic E-state index is 0.0109. The molecule has 0 spiro atoms. The molecule has 8 nitrogen and oxygen atoms in total. The Morgan fingerprint density at radius 1 is 0.921 bits per heavy atom. The van der Waals surface area contributed by atoms with Crippen LogP contribution in [0.3, 0.4) is 0 Å². The maximum Gasteiger partial charge on any atom is 0.227 e. The van der Waals surface area contributed by atoms with E-state index in [1.54, 1.807) is 6.20 Å². The van der Waals surface area contributed by atoms with Gasteiger partial charge >= 0.3 is 0 Å². The van der Waals surface area contributed by atoms with Crippen molar-refractivity contribution < 1.29 is 14.3 Å². The van der Waals surface area contributed by atoms with Crippen LogP contribution in [0.2, 0.25) is 0 Å². The van der Waals surface area contributed by atoms with Gasteiger partial charge in [-0.1, -0.05) is 0 Å². The number of carbonyl (C=O) groups is 1. The van der Waals surface area contributed by atoms with Crippen molar-refractivity contribution in [3.8, 4) is 17.0 Å². The van der Waals surface area contributed by atoms with E-state index in [0.29, 0.717) is 24.8 Å². The maximum absolute atomic E-state index is 13.2. The fourth-order valence-corrected chi connectivity index (χ4v) is 5.69. The van der Waals surface area contributed by atoms with Gasteiger partial charge in [-0.05, 0) is 86.3 Å². The highest BCUT2D eigenvalue weighted by Crippen LogP contribution is 2.31. The van der Waals surface area contributed by atoms with Crippen molar-refractivity contribution in [2.45, 2.75) is 44.7 Å². The fourth-order valence-electron chi connectivity index (χ4n) is 5.69. The van der Waals surface area contributed by atoms with Gasteiger partial charge in [-0.2, -0.15) is 0 Å². The molecular weight excluding hydrogens is 478 g/mol. The number of hydrogen-bond donors (Lipinski definition) is 1. The minimum atomic E-state index is -0.0109. The molecule has 8 heteroatoms. The molecule has 7 rings (SSSR count). The Morgan fingerprint density at radius 3 is 2.66 bits per heavy atom. The van der Waals surface area contributed by atoms with Gasteiger partial charge in [0.15, 0.2) is 0 Å². The van der Waals surface area contributed by atoms with E-state index in [9.17, 15) is 4.79 Å². The lowest BCUT2D eigenvalue weighted by molar-refractivity contribution is -0.123. The number of aromatic nitrogens is 2. The van der Waals surface area contributed by atoms with Gasteiger partial charge in [0, 0.05) is 49.2 Å². The third-order valence-corrected chi connectivity index (χ3v) is 7.69. The van der Waals surface area contributed by atoms with Gasteiger partial charge in [-0.25, -0.2) is 9.97 Å². The highest BCUT2D eigenvalue weighted by molar-refractivity contribution is 5.84. The summed E-state index contributed by atoms with van der Waals surface area (Å²) in [4.78, 5) is 27.3. The Morgan fingerprint density at radius 2 is 1.79 bits per heavy atom. The Labute approximate surface area is 224 Å². The predicted molar refractivity (Wildman–Crippen MR) is 148 cm³/mol. The molecule has 0 amide bonds. The topological polar surface area (TPSA) is 79.8 Å². The molecule has 198 valence electrons. The van der Waals surface area contributed by atoms with Crippen LogP contribution in [0.1, 0.15) is 37.7 Å². The van der Waals surface area contributed by atoms with Crippen LogP contribution in [-0.4, -0.2) is 66.1 Å². The molecule has 2 fully saturated rings. The molecule has 4 aliphatic heterocycles. The minimum Gasteiger partial charge on any atom is -0.494 e. The Kier molecular flexibility index (Phi) is 7.51. The van der Waals surface area contributed by atoms with Gasteiger partial charge in [0.05, 0.1) is 31.6 Å². The summed E-state index contributed by atoms with van der Waals surface area (Å²) in [6, 6.07) is 16.4. The van der Waals surface area contributed by atoms with E-state index in [1.807, 2.05) is 30.3 Å². The van der Waals surface area contributed by atoms with E-state index in [0.717, 1.165) is 87.8 Å². The molecule has 0 radical (unpaired) electrons. The molecular formula is C30H35N5O3. The van der Waals surface area contributed by atoms with Crippen molar-refractivity contribution in [3.05, 3.63) is 60.3 Å². The van der Waals surface area contributed by atoms with Crippen molar-refractivity contribution in [2.24, 2.45) is 0 Å². The van der Waals surface area contributed by atoms with Crippen LogP contribution in [0.25, 0.3) is 11.3 Å². The lowest BCUT2D eigenvalue weighted by atomic mass is 10.0. The number of rotatable bonds is 1. The first-order valence-corrected chi connectivity index (χ1v) is 13.8. The lowest BCUT2D eigenvalue weighted by Crippen LogP contribution is -2.38. The number of ether oxygens (including phenoxy) is 2. The Hall–Kier alpha value is -3.49. The molecule has 4 aliphatic rings. The number of ketones is 1. The maximum atomic E-state index is 13.2. The van der Waals surface area contributed by atoms with E-state index in [-0.39, 0.29) is 6.04 Å². The smallest absolute Gasteiger partial charge is 0.227 e. The van der Waals surface area contributed by atoms with Crippen LogP contribution >= 0.6 is 0 Å². The summed E-state index contributed by atoms with van der Waals surface area (Å²) in [6.07, 6.45) is 6.10. The number of Topliss-reactive ketones (excluding diaryl/α,β-unsaturated/α-hetero) is 1. The van der Waals surface area contributed by atoms with Crippen molar-refractivity contribution in [1.82, 2.24) is 14.9 Å². The number of morpholine rings is 1. The van der Waals surface area contributed by atoms with E-state index < -0.39 is 0 Å². The second-order valence-electron chi connectivity index (χ2n) is 10.3. The van der Waals surface area contributed by atoms with Crippen LogP contribution in [0.5, 0.6) is 5.75 Å². The molecule has 5 heterocycles. The summed E-state index contributed by atoms with van der Waals surface area (Å²) < 4.78 is 11.5. The van der Waals surface area contributed by atoms with Crippen molar-refractivity contribution >= 4 is 23.1 Å². The Bertz CT molecular complexity index is 1260. The summed E-state index contributed by atoms with van der Waals surface area (Å²) in [5.74, 6) is 1.74. The number of fused-ring (bicyclic) bond motifs is 7. The number of nitrogens with zero attached hydrogens (tertiary/aromatic N) is 4. The second-order valence-corrected chi connectivity index (χ2v) is 10.3. The first kappa shape index (κ1) is 24.8. The molecule has 1 N–H and O–H groups in total. The quantitative estimate of drug-likeness (QED) is 0.496. The highest BCUT2D eigenvalue weighted by Gasteiger charge is 2.31. The van der Waals surface area contributed by atoms with E-state index in [2.05, 4.69) is 38.3 Å². The highest BCUT2D eigenvalue weighted by atomic mass is 16.5. The van der Waals surface area contributed by atoms with Crippen molar-refractivity contribution in [1.29, 1.82) is 0 Å². The molecule has 2 saturated heterocycles. The van der Waals surface area contributed by atoms with E-state index in [4.69, 9.17) is 14.5 Å². The predicted octanol–water partition coefficient (Wildman–Crippen LogP) is 4.82. The molecule has 1 aromatic heterocycles. The van der Waals surface area contributed by atoms with Crippen LogP contribution < -0.4 is 15.0 Å². The average Bonchev–Trinajstić information content (AvgIpc) is 3.42. The normalized spacial score (nSPS) is 20.9. The summed E-state index contributed by atoms with van der Waals surface area (Å²) >= 11 is 0. The molecule has 3 aromatic rings. The lowest BCUT2D eigenvalue weighted by Gasteiger charge is -2.32. The van der Waals surface area contributed by atoms with Crippen LogP contribution in [0, 0.1) is 0 Å². The zero-order valence-electron chi connectivity index (χ0n) is 21.8. The van der Waals surface area contributed by atoms with Gasteiger partial charge in [0.25, 0.3) is 0 Å². The Balaban J connectivity index is 1.34. The second kappa shape index (κ2) is 11.5. The van der Waals surface area contributed by atoms with Gasteiger partial charge < -0.3 is 19.7 Å². The molecule has 2 aromatic carbocycles. The molecule has 6 bridgehead atoms. The number of hydrogen-bond acceptors (Lipinski definition) is 8. The van der Waals surface area contributed by atoms with Gasteiger partial charge in [-0.3, -0.25) is 9.69 Å². The zero-order valence-corrected chi connectivity index (χ0v) is 21.8. The van der Waals surface area contributed by atoms with E-state index in [1.165, 1.54) is 11.3 Å². The monoisotopic (exact) mass is 513 g/mol. The summed E-state index contributed by atoms with van der Waals surface area (Å²) in [7, 11) is 0. The zero-order chi connectivity index (χ0) is 25.7. The molecule has 38 heavy (non-hydrogen) atoms. The first-order valence-electron chi connectivity index (χ1n) is 13.8. The van der Waals surface area contributed by atoms with Crippen LogP contribution in [-0.2, 0) is 16.1 Å². The number of anilines is 3. The van der Waals surface area contributed by atoms with Crippen LogP contribution in [0.4, 0.5) is 17.3 Å². The molecule has 0 aliphatic carbocycles. The van der Waals surface area contributed by atoms with Crippen molar-refractivity contribution in [2.75, 3.05) is 49.7 Å².